The van der Waals surface area contributed by atoms with Gasteiger partial charge in [-0.1, -0.05) is 0 Å². The van der Waals surface area contributed by atoms with E-state index in [-0.39, 0.29) is 11.4 Å². The highest BCUT2D eigenvalue weighted by molar-refractivity contribution is 7.89. The van der Waals surface area contributed by atoms with Crippen LogP contribution in [-0.4, -0.2) is 36.3 Å². The monoisotopic (exact) mass is 361 g/mol. The minimum atomic E-state index is -3.66. The number of aromatic nitrogens is 3. The number of halogens is 1. The zero-order valence-electron chi connectivity index (χ0n) is 13.1. The first-order valence-corrected chi connectivity index (χ1v) is 8.99. The lowest BCUT2D eigenvalue weighted by molar-refractivity contribution is 0.582. The molecule has 0 saturated carbocycles. The first-order chi connectivity index (χ1) is 12.0. The molecule has 0 bridgehead atoms. The fraction of sp³-hybridized carbons (Fsp3) is 0.125. The molecule has 2 heterocycles. The Kier molecular flexibility index (Phi) is 5.05. The zero-order valence-corrected chi connectivity index (χ0v) is 13.9. The molecule has 9 heteroatoms. The molecule has 0 unspecified atom stereocenters. The van der Waals surface area contributed by atoms with Crippen molar-refractivity contribution >= 4 is 15.8 Å². The standard InChI is InChI=1S/C16H16FN5O2S/c17-13-3-5-14(6-4-13)25(23,24)19-10-9-18-15-7-8-16(21-20-15)22-11-1-2-12-22/h1-8,11-12,19H,9-10H2,(H,18,20). The molecule has 25 heavy (non-hydrogen) atoms. The van der Waals surface area contributed by atoms with Crippen LogP contribution < -0.4 is 10.0 Å². The Morgan fingerprint density at radius 3 is 2.32 bits per heavy atom. The van der Waals surface area contributed by atoms with Gasteiger partial charge in [0.2, 0.25) is 10.0 Å². The van der Waals surface area contributed by atoms with Gasteiger partial charge in [-0.15, -0.1) is 10.2 Å². The highest BCUT2D eigenvalue weighted by Gasteiger charge is 2.12. The van der Waals surface area contributed by atoms with Gasteiger partial charge < -0.3 is 9.88 Å². The number of nitrogens with one attached hydrogen (secondary N) is 2. The van der Waals surface area contributed by atoms with Gasteiger partial charge in [0.05, 0.1) is 4.90 Å². The molecule has 0 atom stereocenters. The maximum Gasteiger partial charge on any atom is 0.240 e. The third kappa shape index (κ3) is 4.40. The molecule has 0 aliphatic heterocycles. The molecule has 3 aromatic rings. The molecule has 0 saturated heterocycles. The number of nitrogens with zero attached hydrogens (tertiary/aromatic N) is 3. The van der Waals surface area contributed by atoms with Crippen molar-refractivity contribution in [3.05, 3.63) is 66.7 Å². The summed E-state index contributed by atoms with van der Waals surface area (Å²) < 4.78 is 41.2. The maximum atomic E-state index is 12.8. The van der Waals surface area contributed by atoms with Gasteiger partial charge in [0.15, 0.2) is 5.82 Å². The lowest BCUT2D eigenvalue weighted by atomic mass is 10.4. The summed E-state index contributed by atoms with van der Waals surface area (Å²) in [4.78, 5) is 0.0183. The summed E-state index contributed by atoms with van der Waals surface area (Å²) in [6.45, 7) is 0.485. The molecule has 2 N–H and O–H groups in total. The van der Waals surface area contributed by atoms with Crippen molar-refractivity contribution in [3.63, 3.8) is 0 Å². The minimum Gasteiger partial charge on any atom is -0.367 e. The van der Waals surface area contributed by atoms with E-state index in [4.69, 9.17) is 0 Å². The Bertz CT molecular complexity index is 910. The van der Waals surface area contributed by atoms with E-state index in [1.54, 1.807) is 12.1 Å². The van der Waals surface area contributed by atoms with Gasteiger partial charge in [-0.05, 0) is 48.5 Å². The first kappa shape index (κ1) is 17.1. The number of anilines is 1. The van der Waals surface area contributed by atoms with Crippen LogP contribution in [-0.2, 0) is 10.0 Å². The molecule has 7 nitrogen and oxygen atoms in total. The highest BCUT2D eigenvalue weighted by atomic mass is 32.2. The molecule has 0 aliphatic rings. The van der Waals surface area contributed by atoms with E-state index in [9.17, 15) is 12.8 Å². The van der Waals surface area contributed by atoms with Gasteiger partial charge in [0.1, 0.15) is 11.6 Å². The van der Waals surface area contributed by atoms with Crippen molar-refractivity contribution in [2.45, 2.75) is 4.90 Å². The molecule has 0 amide bonds. The summed E-state index contributed by atoms with van der Waals surface area (Å²) in [5, 5.41) is 11.1. The third-order valence-electron chi connectivity index (χ3n) is 3.37. The molecule has 3 rings (SSSR count). The van der Waals surface area contributed by atoms with E-state index in [2.05, 4.69) is 20.2 Å². The van der Waals surface area contributed by atoms with Crippen molar-refractivity contribution in [2.75, 3.05) is 18.4 Å². The quantitative estimate of drug-likeness (QED) is 0.627. The zero-order chi connectivity index (χ0) is 17.7. The summed E-state index contributed by atoms with van der Waals surface area (Å²) in [5.41, 5.74) is 0. The van der Waals surface area contributed by atoms with Crippen molar-refractivity contribution in [1.82, 2.24) is 19.5 Å². The summed E-state index contributed by atoms with van der Waals surface area (Å²) in [6.07, 6.45) is 3.72. The van der Waals surface area contributed by atoms with Crippen LogP contribution in [0.3, 0.4) is 0 Å². The maximum absolute atomic E-state index is 12.8. The SMILES string of the molecule is O=S(=O)(NCCNc1ccc(-n2cccc2)nn1)c1ccc(F)cc1. The lowest BCUT2D eigenvalue weighted by Crippen LogP contribution is -2.29. The molecule has 130 valence electrons. The summed E-state index contributed by atoms with van der Waals surface area (Å²) >= 11 is 0. The van der Waals surface area contributed by atoms with Crippen LogP contribution in [0.5, 0.6) is 0 Å². The van der Waals surface area contributed by atoms with Crippen molar-refractivity contribution in [1.29, 1.82) is 0 Å². The van der Waals surface area contributed by atoms with Crippen LogP contribution in [0.15, 0.2) is 65.8 Å². The number of benzene rings is 1. The van der Waals surface area contributed by atoms with Crippen LogP contribution in [0.4, 0.5) is 10.2 Å². The Morgan fingerprint density at radius 2 is 1.68 bits per heavy atom. The smallest absolute Gasteiger partial charge is 0.240 e. The Hall–Kier alpha value is -2.78. The largest absolute Gasteiger partial charge is 0.367 e. The van der Waals surface area contributed by atoms with Gasteiger partial charge >= 0.3 is 0 Å². The van der Waals surface area contributed by atoms with Gasteiger partial charge in [-0.3, -0.25) is 0 Å². The van der Waals surface area contributed by atoms with Crippen molar-refractivity contribution in [3.8, 4) is 5.82 Å². The number of hydrogen-bond acceptors (Lipinski definition) is 5. The highest BCUT2D eigenvalue weighted by Crippen LogP contribution is 2.09. The van der Waals surface area contributed by atoms with Gasteiger partial charge in [-0.2, -0.15) is 0 Å². The van der Waals surface area contributed by atoms with E-state index < -0.39 is 15.8 Å². The second-order valence-corrected chi connectivity index (χ2v) is 6.91. The van der Waals surface area contributed by atoms with E-state index >= 15 is 0 Å². The molecule has 0 aliphatic carbocycles. The summed E-state index contributed by atoms with van der Waals surface area (Å²) in [6, 6.07) is 12.0. The number of rotatable bonds is 7. The van der Waals surface area contributed by atoms with Crippen LogP contribution in [0.25, 0.3) is 5.82 Å². The van der Waals surface area contributed by atoms with E-state index in [0.717, 1.165) is 12.1 Å². The topological polar surface area (TPSA) is 88.9 Å². The van der Waals surface area contributed by atoms with E-state index in [1.807, 2.05) is 29.1 Å². The van der Waals surface area contributed by atoms with Crippen molar-refractivity contribution < 1.29 is 12.8 Å². The van der Waals surface area contributed by atoms with Crippen LogP contribution in [0, 0.1) is 5.82 Å². The molecule has 0 radical (unpaired) electrons. The Balaban J connectivity index is 1.50. The first-order valence-electron chi connectivity index (χ1n) is 7.51. The third-order valence-corrected chi connectivity index (χ3v) is 4.84. The summed E-state index contributed by atoms with van der Waals surface area (Å²) in [7, 11) is -3.66. The minimum absolute atomic E-state index is 0.0183. The van der Waals surface area contributed by atoms with Crippen LogP contribution >= 0.6 is 0 Å². The predicted molar refractivity (Wildman–Crippen MR) is 91.4 cm³/mol. The lowest BCUT2D eigenvalue weighted by Gasteiger charge is -2.08. The summed E-state index contributed by atoms with van der Waals surface area (Å²) in [5.74, 6) is 0.743. The van der Waals surface area contributed by atoms with Gasteiger partial charge in [0.25, 0.3) is 0 Å². The Morgan fingerprint density at radius 1 is 0.960 bits per heavy atom. The van der Waals surface area contributed by atoms with Crippen molar-refractivity contribution in [2.24, 2.45) is 0 Å². The fourth-order valence-electron chi connectivity index (χ4n) is 2.12. The second-order valence-electron chi connectivity index (χ2n) is 5.15. The molecule has 0 fully saturated rings. The molecule has 2 aromatic heterocycles. The van der Waals surface area contributed by atoms with Gasteiger partial charge in [-0.25, -0.2) is 17.5 Å². The average Bonchev–Trinajstić information content (AvgIpc) is 3.14. The number of sulfonamides is 1. The molecule has 0 spiro atoms. The van der Waals surface area contributed by atoms with Crippen LogP contribution in [0.2, 0.25) is 0 Å². The Labute approximate surface area is 144 Å². The number of hydrogen-bond donors (Lipinski definition) is 2. The van der Waals surface area contributed by atoms with Gasteiger partial charge in [0, 0.05) is 25.5 Å². The molecular weight excluding hydrogens is 345 g/mol. The average molecular weight is 361 g/mol. The van der Waals surface area contributed by atoms with Crippen LogP contribution in [0.1, 0.15) is 0 Å². The predicted octanol–water partition coefficient (Wildman–Crippen LogP) is 1.80. The molecular formula is C16H16FN5O2S. The van der Waals surface area contributed by atoms with E-state index in [1.165, 1.54) is 12.1 Å². The van der Waals surface area contributed by atoms with E-state index in [0.29, 0.717) is 18.2 Å². The fourth-order valence-corrected chi connectivity index (χ4v) is 3.15. The normalized spacial score (nSPS) is 11.4. The molecule has 1 aromatic carbocycles. The second kappa shape index (κ2) is 7.41.